The molecule has 0 unspecified atom stereocenters. The molecule has 21 heavy (non-hydrogen) atoms. The summed E-state index contributed by atoms with van der Waals surface area (Å²) >= 11 is 0. The number of alkyl halides is 3. The summed E-state index contributed by atoms with van der Waals surface area (Å²) in [6, 6.07) is 5.27. The van der Waals surface area contributed by atoms with Crippen LogP contribution < -0.4 is 4.74 Å². The zero-order valence-corrected chi connectivity index (χ0v) is 11.8. The lowest BCUT2D eigenvalue weighted by Crippen LogP contribution is -2.37. The van der Waals surface area contributed by atoms with Crippen LogP contribution in [-0.2, 0) is 6.18 Å². The Balaban J connectivity index is 1.82. The van der Waals surface area contributed by atoms with E-state index in [1.54, 1.807) is 0 Å². The van der Waals surface area contributed by atoms with Gasteiger partial charge in [-0.05, 0) is 44.0 Å². The van der Waals surface area contributed by atoms with Gasteiger partial charge in [-0.25, -0.2) is 0 Å². The number of piperidine rings is 1. The Morgan fingerprint density at radius 3 is 2.48 bits per heavy atom. The minimum absolute atomic E-state index is 0.116. The van der Waals surface area contributed by atoms with Crippen LogP contribution in [0.15, 0.2) is 24.3 Å². The molecule has 0 spiro atoms. The van der Waals surface area contributed by atoms with E-state index < -0.39 is 11.7 Å². The molecule has 6 heteroatoms. The molecule has 0 amide bonds. The molecule has 1 aliphatic rings. The summed E-state index contributed by atoms with van der Waals surface area (Å²) in [6.07, 6.45) is -2.54. The van der Waals surface area contributed by atoms with Crippen LogP contribution in [0.5, 0.6) is 5.75 Å². The van der Waals surface area contributed by atoms with Gasteiger partial charge in [-0.15, -0.1) is 0 Å². The van der Waals surface area contributed by atoms with Gasteiger partial charge in [-0.1, -0.05) is 12.1 Å². The van der Waals surface area contributed by atoms with E-state index in [0.29, 0.717) is 12.5 Å². The fourth-order valence-corrected chi connectivity index (χ4v) is 2.50. The van der Waals surface area contributed by atoms with Crippen LogP contribution in [0, 0.1) is 5.92 Å². The van der Waals surface area contributed by atoms with Gasteiger partial charge in [0.2, 0.25) is 0 Å². The van der Waals surface area contributed by atoms with Gasteiger partial charge in [-0.3, -0.25) is 4.90 Å². The normalized spacial score (nSPS) is 17.9. The van der Waals surface area contributed by atoms with E-state index in [-0.39, 0.29) is 19.0 Å². The first-order valence-electron chi connectivity index (χ1n) is 7.13. The molecule has 0 aliphatic carbocycles. The summed E-state index contributed by atoms with van der Waals surface area (Å²) in [5.74, 6) is 0.239. The molecule has 0 radical (unpaired) electrons. The van der Waals surface area contributed by atoms with E-state index in [0.717, 1.165) is 32.0 Å². The van der Waals surface area contributed by atoms with Crippen molar-refractivity contribution in [1.29, 1.82) is 0 Å². The van der Waals surface area contributed by atoms with Gasteiger partial charge in [0.1, 0.15) is 12.4 Å². The number of nitrogens with zero attached hydrogens (tertiary/aromatic N) is 1. The van der Waals surface area contributed by atoms with Crippen LogP contribution in [0.2, 0.25) is 0 Å². The number of rotatable bonds is 5. The smallest absolute Gasteiger partial charge is 0.419 e. The molecule has 0 saturated carbocycles. The third kappa shape index (κ3) is 4.61. The molecule has 1 aliphatic heterocycles. The van der Waals surface area contributed by atoms with Crippen molar-refractivity contribution in [2.24, 2.45) is 5.92 Å². The zero-order valence-electron chi connectivity index (χ0n) is 11.8. The highest BCUT2D eigenvalue weighted by molar-refractivity contribution is 5.35. The molecule has 118 valence electrons. The molecule has 1 aromatic rings. The lowest BCUT2D eigenvalue weighted by Gasteiger charge is -2.30. The average Bonchev–Trinajstić information content (AvgIpc) is 2.47. The summed E-state index contributed by atoms with van der Waals surface area (Å²) in [6.45, 7) is 2.76. The van der Waals surface area contributed by atoms with Crippen molar-refractivity contribution in [1.82, 2.24) is 4.90 Å². The molecule has 1 N–H and O–H groups in total. The van der Waals surface area contributed by atoms with Crippen molar-refractivity contribution >= 4 is 0 Å². The lowest BCUT2D eigenvalue weighted by atomic mass is 9.98. The van der Waals surface area contributed by atoms with Gasteiger partial charge in [-0.2, -0.15) is 13.2 Å². The average molecular weight is 303 g/mol. The first kappa shape index (κ1) is 16.1. The number of para-hydroxylation sites is 1. The van der Waals surface area contributed by atoms with Crippen LogP contribution in [0.3, 0.4) is 0 Å². The van der Waals surface area contributed by atoms with Gasteiger partial charge in [0.25, 0.3) is 0 Å². The van der Waals surface area contributed by atoms with E-state index in [9.17, 15) is 13.2 Å². The fraction of sp³-hybridized carbons (Fsp3) is 0.600. The minimum atomic E-state index is -4.39. The molecule has 0 aromatic heterocycles. The van der Waals surface area contributed by atoms with Crippen molar-refractivity contribution in [3.8, 4) is 5.75 Å². The maximum atomic E-state index is 12.8. The molecule has 1 aromatic carbocycles. The van der Waals surface area contributed by atoms with E-state index in [4.69, 9.17) is 9.84 Å². The Morgan fingerprint density at radius 1 is 1.19 bits per heavy atom. The second-order valence-electron chi connectivity index (χ2n) is 5.31. The van der Waals surface area contributed by atoms with Crippen molar-refractivity contribution in [3.63, 3.8) is 0 Å². The summed E-state index contributed by atoms with van der Waals surface area (Å²) in [7, 11) is 0. The standard InChI is InChI=1S/C15H20F3NO2/c16-15(17,18)13-3-1-2-4-14(13)21-10-9-19-7-5-12(11-20)6-8-19/h1-4,12,20H,5-11H2. The number of aliphatic hydroxyl groups excluding tert-OH is 1. The van der Waals surface area contributed by atoms with Crippen molar-refractivity contribution in [3.05, 3.63) is 29.8 Å². The number of ether oxygens (including phenoxy) is 1. The SMILES string of the molecule is OCC1CCN(CCOc2ccccc2C(F)(F)F)CC1. The van der Waals surface area contributed by atoms with Gasteiger partial charge in [0, 0.05) is 13.2 Å². The topological polar surface area (TPSA) is 32.7 Å². The van der Waals surface area contributed by atoms with Crippen LogP contribution in [-0.4, -0.2) is 42.9 Å². The molecule has 1 heterocycles. The summed E-state index contributed by atoms with van der Waals surface area (Å²) in [4.78, 5) is 2.16. The maximum absolute atomic E-state index is 12.8. The molecule has 1 fully saturated rings. The predicted molar refractivity (Wildman–Crippen MR) is 73.2 cm³/mol. The molecule has 0 atom stereocenters. The molecule has 3 nitrogen and oxygen atoms in total. The molecular formula is C15H20F3NO2. The van der Waals surface area contributed by atoms with E-state index >= 15 is 0 Å². The van der Waals surface area contributed by atoms with Crippen molar-refractivity contribution < 1.29 is 23.0 Å². The van der Waals surface area contributed by atoms with Gasteiger partial charge >= 0.3 is 6.18 Å². The van der Waals surface area contributed by atoms with Gasteiger partial charge in [0.15, 0.2) is 0 Å². The zero-order chi connectivity index (χ0) is 15.3. The monoisotopic (exact) mass is 303 g/mol. The first-order chi connectivity index (χ1) is 10.0. The Bertz CT molecular complexity index is 443. The number of hydrogen-bond donors (Lipinski definition) is 1. The minimum Gasteiger partial charge on any atom is -0.492 e. The Morgan fingerprint density at radius 2 is 1.86 bits per heavy atom. The van der Waals surface area contributed by atoms with Crippen LogP contribution in [0.4, 0.5) is 13.2 Å². The van der Waals surface area contributed by atoms with Gasteiger partial charge in [0.05, 0.1) is 5.56 Å². The summed E-state index contributed by atoms with van der Waals surface area (Å²) in [5.41, 5.74) is -0.732. The molecule has 0 bridgehead atoms. The number of halogens is 3. The molecule has 2 rings (SSSR count). The highest BCUT2D eigenvalue weighted by atomic mass is 19.4. The summed E-state index contributed by atoms with van der Waals surface area (Å²) in [5, 5.41) is 9.06. The predicted octanol–water partition coefficient (Wildman–Crippen LogP) is 2.79. The summed E-state index contributed by atoms with van der Waals surface area (Å²) < 4.78 is 43.7. The highest BCUT2D eigenvalue weighted by Crippen LogP contribution is 2.35. The Labute approximate surface area is 122 Å². The second-order valence-corrected chi connectivity index (χ2v) is 5.31. The Hall–Kier alpha value is -1.27. The second kappa shape index (κ2) is 7.13. The fourth-order valence-electron chi connectivity index (χ4n) is 2.50. The lowest BCUT2D eigenvalue weighted by molar-refractivity contribution is -0.139. The molecule has 1 saturated heterocycles. The molecular weight excluding hydrogens is 283 g/mol. The largest absolute Gasteiger partial charge is 0.492 e. The van der Waals surface area contributed by atoms with Crippen LogP contribution in [0.1, 0.15) is 18.4 Å². The number of hydrogen-bond acceptors (Lipinski definition) is 3. The maximum Gasteiger partial charge on any atom is 0.419 e. The van der Waals surface area contributed by atoms with Crippen LogP contribution in [0.25, 0.3) is 0 Å². The van der Waals surface area contributed by atoms with E-state index in [1.807, 2.05) is 0 Å². The quantitative estimate of drug-likeness (QED) is 0.908. The highest BCUT2D eigenvalue weighted by Gasteiger charge is 2.34. The van der Waals surface area contributed by atoms with Crippen molar-refractivity contribution in [2.45, 2.75) is 19.0 Å². The number of aliphatic hydroxyl groups is 1. The third-order valence-corrected chi connectivity index (χ3v) is 3.82. The first-order valence-corrected chi connectivity index (χ1v) is 7.13. The Kier molecular flexibility index (Phi) is 5.47. The third-order valence-electron chi connectivity index (χ3n) is 3.82. The van der Waals surface area contributed by atoms with Crippen LogP contribution >= 0.6 is 0 Å². The van der Waals surface area contributed by atoms with E-state index in [1.165, 1.54) is 18.2 Å². The van der Waals surface area contributed by atoms with E-state index in [2.05, 4.69) is 4.90 Å². The van der Waals surface area contributed by atoms with Gasteiger partial charge < -0.3 is 9.84 Å². The van der Waals surface area contributed by atoms with Crippen molar-refractivity contribution in [2.75, 3.05) is 32.8 Å². The number of benzene rings is 1. The number of likely N-dealkylation sites (tertiary alicyclic amines) is 1.